The Morgan fingerprint density at radius 3 is 2.53 bits per heavy atom. The molecule has 0 spiro atoms. The lowest BCUT2D eigenvalue weighted by molar-refractivity contribution is 0.146. The lowest BCUT2D eigenvalue weighted by atomic mass is 10.2. The lowest BCUT2D eigenvalue weighted by Crippen LogP contribution is -2.52. The fourth-order valence-corrected chi connectivity index (χ4v) is 3.55. The van der Waals surface area contributed by atoms with Crippen LogP contribution >= 0.6 is 0 Å². The minimum absolute atomic E-state index is 0.547. The van der Waals surface area contributed by atoms with Gasteiger partial charge in [0.2, 0.25) is 0 Å². The largest absolute Gasteiger partial charge is 0.495 e. The quantitative estimate of drug-likeness (QED) is 0.409. The summed E-state index contributed by atoms with van der Waals surface area (Å²) >= 11 is 0. The van der Waals surface area contributed by atoms with Gasteiger partial charge in [-0.3, -0.25) is 4.99 Å². The van der Waals surface area contributed by atoms with Crippen molar-refractivity contribution >= 4 is 11.6 Å². The van der Waals surface area contributed by atoms with Gasteiger partial charge in [-0.05, 0) is 29.8 Å². The van der Waals surface area contributed by atoms with Crippen molar-refractivity contribution < 1.29 is 14.2 Å². The number of piperazine rings is 1. The molecular formula is C23H32N4O3. The summed E-state index contributed by atoms with van der Waals surface area (Å²) in [6.07, 6.45) is 0. The van der Waals surface area contributed by atoms with Crippen LogP contribution in [0.4, 0.5) is 5.69 Å². The van der Waals surface area contributed by atoms with Crippen LogP contribution in [-0.2, 0) is 11.3 Å². The van der Waals surface area contributed by atoms with Crippen LogP contribution in [0.25, 0.3) is 0 Å². The molecule has 3 rings (SSSR count). The van der Waals surface area contributed by atoms with E-state index >= 15 is 0 Å². The van der Waals surface area contributed by atoms with Gasteiger partial charge in [-0.2, -0.15) is 0 Å². The first kappa shape index (κ1) is 21.8. The Balaban J connectivity index is 1.52. The number of para-hydroxylation sites is 2. The number of hydrogen-bond acceptors (Lipinski definition) is 5. The summed E-state index contributed by atoms with van der Waals surface area (Å²) in [6, 6.07) is 16.3. The predicted octanol–water partition coefficient (Wildman–Crippen LogP) is 2.62. The SMILES string of the molecule is CN=C(NCc1cccc(OCCOC)c1)N1CCN(c2ccccc2OC)CC1. The number of aliphatic imine (C=N–C) groups is 1. The molecular weight excluding hydrogens is 380 g/mol. The van der Waals surface area contributed by atoms with Gasteiger partial charge < -0.3 is 29.3 Å². The zero-order valence-electron chi connectivity index (χ0n) is 18.1. The minimum atomic E-state index is 0.547. The fraction of sp³-hybridized carbons (Fsp3) is 0.435. The van der Waals surface area contributed by atoms with Gasteiger partial charge in [0.25, 0.3) is 0 Å². The van der Waals surface area contributed by atoms with Crippen molar-refractivity contribution in [3.05, 3.63) is 54.1 Å². The maximum Gasteiger partial charge on any atom is 0.194 e. The van der Waals surface area contributed by atoms with Crippen LogP contribution in [0.3, 0.4) is 0 Å². The molecule has 2 aromatic rings. The van der Waals surface area contributed by atoms with E-state index in [9.17, 15) is 0 Å². The molecule has 1 heterocycles. The van der Waals surface area contributed by atoms with Crippen molar-refractivity contribution in [2.24, 2.45) is 4.99 Å². The molecule has 162 valence electrons. The van der Waals surface area contributed by atoms with Crippen LogP contribution in [0.2, 0.25) is 0 Å². The highest BCUT2D eigenvalue weighted by atomic mass is 16.5. The van der Waals surface area contributed by atoms with E-state index in [2.05, 4.69) is 44.4 Å². The zero-order valence-corrected chi connectivity index (χ0v) is 18.1. The van der Waals surface area contributed by atoms with Crippen LogP contribution in [0.15, 0.2) is 53.5 Å². The third-order valence-corrected chi connectivity index (χ3v) is 5.12. The number of nitrogens with zero attached hydrogens (tertiary/aromatic N) is 3. The van der Waals surface area contributed by atoms with Crippen LogP contribution in [-0.4, -0.2) is 71.5 Å². The second kappa shape index (κ2) is 11.3. The van der Waals surface area contributed by atoms with E-state index in [4.69, 9.17) is 14.2 Å². The van der Waals surface area contributed by atoms with Crippen LogP contribution in [0.1, 0.15) is 5.56 Å². The first-order valence-corrected chi connectivity index (χ1v) is 10.3. The first-order valence-electron chi connectivity index (χ1n) is 10.3. The van der Waals surface area contributed by atoms with Gasteiger partial charge in [0.05, 0.1) is 19.4 Å². The second-order valence-corrected chi connectivity index (χ2v) is 7.04. The molecule has 0 radical (unpaired) electrons. The molecule has 7 heteroatoms. The Hall–Kier alpha value is -2.93. The number of nitrogens with one attached hydrogen (secondary N) is 1. The molecule has 1 N–H and O–H groups in total. The summed E-state index contributed by atoms with van der Waals surface area (Å²) in [6.45, 7) is 5.46. The van der Waals surface area contributed by atoms with E-state index in [1.54, 1.807) is 14.2 Å². The molecule has 1 aliphatic heterocycles. The molecule has 0 saturated carbocycles. The molecule has 0 unspecified atom stereocenters. The van der Waals surface area contributed by atoms with Gasteiger partial charge in [-0.1, -0.05) is 24.3 Å². The summed E-state index contributed by atoms with van der Waals surface area (Å²) in [4.78, 5) is 9.14. The number of hydrogen-bond donors (Lipinski definition) is 1. The molecule has 1 fully saturated rings. The zero-order chi connectivity index (χ0) is 21.2. The van der Waals surface area contributed by atoms with Gasteiger partial charge in [-0.25, -0.2) is 0 Å². The lowest BCUT2D eigenvalue weighted by Gasteiger charge is -2.38. The molecule has 2 aromatic carbocycles. The smallest absolute Gasteiger partial charge is 0.194 e. The minimum Gasteiger partial charge on any atom is -0.495 e. The molecule has 30 heavy (non-hydrogen) atoms. The standard InChI is InChI=1S/C23H32N4O3/c1-24-23(25-18-19-7-6-8-20(17-19)30-16-15-28-2)27-13-11-26(12-14-27)21-9-4-5-10-22(21)29-3/h4-10,17H,11-16,18H2,1-3H3,(H,24,25). The topological polar surface area (TPSA) is 58.6 Å². The fourth-order valence-electron chi connectivity index (χ4n) is 3.55. The van der Waals surface area contributed by atoms with Gasteiger partial charge in [0, 0.05) is 46.9 Å². The molecule has 1 aliphatic rings. The monoisotopic (exact) mass is 412 g/mol. The highest BCUT2D eigenvalue weighted by Crippen LogP contribution is 2.28. The van der Waals surface area contributed by atoms with E-state index in [1.807, 2.05) is 31.3 Å². The third-order valence-electron chi connectivity index (χ3n) is 5.12. The molecule has 0 atom stereocenters. The molecule has 0 bridgehead atoms. The van der Waals surface area contributed by atoms with Crippen molar-refractivity contribution in [2.75, 3.05) is 65.6 Å². The van der Waals surface area contributed by atoms with Gasteiger partial charge in [0.15, 0.2) is 5.96 Å². The molecule has 0 amide bonds. The van der Waals surface area contributed by atoms with Crippen molar-refractivity contribution in [3.8, 4) is 11.5 Å². The highest BCUT2D eigenvalue weighted by molar-refractivity contribution is 5.80. The molecule has 1 saturated heterocycles. The van der Waals surface area contributed by atoms with Crippen LogP contribution in [0.5, 0.6) is 11.5 Å². The Morgan fingerprint density at radius 1 is 1.00 bits per heavy atom. The number of ether oxygens (including phenoxy) is 3. The summed E-state index contributed by atoms with van der Waals surface area (Å²) in [7, 11) is 5.23. The van der Waals surface area contributed by atoms with Crippen molar-refractivity contribution in [3.63, 3.8) is 0 Å². The van der Waals surface area contributed by atoms with Gasteiger partial charge in [0.1, 0.15) is 18.1 Å². The Labute approximate surface area is 179 Å². The Kier molecular flexibility index (Phi) is 8.20. The summed E-state index contributed by atoms with van der Waals surface area (Å²) in [5, 5.41) is 3.48. The first-order chi connectivity index (χ1) is 14.7. The highest BCUT2D eigenvalue weighted by Gasteiger charge is 2.21. The Morgan fingerprint density at radius 2 is 1.80 bits per heavy atom. The van der Waals surface area contributed by atoms with E-state index in [0.717, 1.165) is 54.9 Å². The van der Waals surface area contributed by atoms with Crippen LogP contribution in [0, 0.1) is 0 Å². The van der Waals surface area contributed by atoms with E-state index in [-0.39, 0.29) is 0 Å². The second-order valence-electron chi connectivity index (χ2n) is 7.04. The average molecular weight is 413 g/mol. The maximum atomic E-state index is 5.70. The summed E-state index contributed by atoms with van der Waals surface area (Å²) in [5.41, 5.74) is 2.30. The van der Waals surface area contributed by atoms with E-state index < -0.39 is 0 Å². The molecule has 0 aliphatic carbocycles. The average Bonchev–Trinajstić information content (AvgIpc) is 2.80. The number of methoxy groups -OCH3 is 2. The number of benzene rings is 2. The van der Waals surface area contributed by atoms with Crippen LogP contribution < -0.4 is 19.7 Å². The predicted molar refractivity (Wildman–Crippen MR) is 121 cm³/mol. The van der Waals surface area contributed by atoms with Crippen molar-refractivity contribution in [2.45, 2.75) is 6.54 Å². The van der Waals surface area contributed by atoms with E-state index in [0.29, 0.717) is 19.8 Å². The summed E-state index contributed by atoms with van der Waals surface area (Å²) in [5.74, 6) is 2.69. The molecule has 0 aromatic heterocycles. The molecule has 7 nitrogen and oxygen atoms in total. The number of rotatable bonds is 8. The van der Waals surface area contributed by atoms with Crippen molar-refractivity contribution in [1.29, 1.82) is 0 Å². The third kappa shape index (κ3) is 5.79. The Bertz CT molecular complexity index is 820. The number of anilines is 1. The van der Waals surface area contributed by atoms with E-state index in [1.165, 1.54) is 0 Å². The van der Waals surface area contributed by atoms with Gasteiger partial charge in [-0.15, -0.1) is 0 Å². The maximum absolute atomic E-state index is 5.70. The summed E-state index contributed by atoms with van der Waals surface area (Å²) < 4.78 is 16.2. The van der Waals surface area contributed by atoms with Crippen molar-refractivity contribution in [1.82, 2.24) is 10.2 Å². The van der Waals surface area contributed by atoms with Gasteiger partial charge >= 0.3 is 0 Å². The number of guanidine groups is 1. The normalized spacial score (nSPS) is 14.6.